The van der Waals surface area contributed by atoms with Crippen molar-refractivity contribution in [2.24, 2.45) is 5.92 Å². The lowest BCUT2D eigenvalue weighted by molar-refractivity contribution is -0.120. The molecule has 1 amide bonds. The van der Waals surface area contributed by atoms with Crippen LogP contribution < -0.4 is 5.32 Å². The fourth-order valence-electron chi connectivity index (χ4n) is 0.898. The number of carbonyl (C=O) groups excluding carboxylic acids is 1. The van der Waals surface area contributed by atoms with Crippen LogP contribution in [0.5, 0.6) is 0 Å². The van der Waals surface area contributed by atoms with E-state index in [1.807, 2.05) is 13.8 Å². The highest BCUT2D eigenvalue weighted by Crippen LogP contribution is 2.06. The van der Waals surface area contributed by atoms with Gasteiger partial charge in [0.1, 0.15) is 5.88 Å². The van der Waals surface area contributed by atoms with Crippen LogP contribution in [0.15, 0.2) is 0 Å². The average Bonchev–Trinajstić information content (AvgIpc) is 2.12. The second-order valence-electron chi connectivity index (χ2n) is 2.88. The average molecular weight is 194 g/mol. The maximum Gasteiger partial charge on any atom is 0.235 e. The molecule has 4 heteroatoms. The highest BCUT2D eigenvalue weighted by atomic mass is 35.5. The Kier molecular flexibility index (Phi) is 6.11. The monoisotopic (exact) mass is 193 g/mol. The van der Waals surface area contributed by atoms with Crippen LogP contribution in [0.4, 0.5) is 0 Å². The summed E-state index contributed by atoms with van der Waals surface area (Å²) in [5.74, 6) is 0.00520. The molecule has 0 bridgehead atoms. The van der Waals surface area contributed by atoms with Crippen molar-refractivity contribution in [3.05, 3.63) is 0 Å². The molecule has 2 atom stereocenters. The van der Waals surface area contributed by atoms with Crippen molar-refractivity contribution in [2.75, 3.05) is 12.5 Å². The molecular formula is C8H16ClNO2. The van der Waals surface area contributed by atoms with Crippen molar-refractivity contribution in [1.82, 2.24) is 5.32 Å². The van der Waals surface area contributed by atoms with Gasteiger partial charge in [-0.05, 0) is 5.92 Å². The quantitative estimate of drug-likeness (QED) is 0.634. The van der Waals surface area contributed by atoms with Crippen molar-refractivity contribution in [3.63, 3.8) is 0 Å². The number of amides is 1. The third kappa shape index (κ3) is 3.93. The number of halogens is 1. The van der Waals surface area contributed by atoms with Gasteiger partial charge in [-0.3, -0.25) is 4.79 Å². The van der Waals surface area contributed by atoms with E-state index in [9.17, 15) is 4.79 Å². The van der Waals surface area contributed by atoms with E-state index in [0.717, 1.165) is 6.42 Å². The summed E-state index contributed by atoms with van der Waals surface area (Å²) in [6.45, 7) is 3.97. The smallest absolute Gasteiger partial charge is 0.235 e. The van der Waals surface area contributed by atoms with Gasteiger partial charge in [0.2, 0.25) is 5.91 Å². The van der Waals surface area contributed by atoms with Crippen LogP contribution >= 0.6 is 11.6 Å². The van der Waals surface area contributed by atoms with Crippen molar-refractivity contribution in [3.8, 4) is 0 Å². The molecular weight excluding hydrogens is 178 g/mol. The van der Waals surface area contributed by atoms with Crippen LogP contribution in [0, 0.1) is 5.92 Å². The molecule has 0 aromatic rings. The third-order valence-electron chi connectivity index (χ3n) is 2.00. The summed E-state index contributed by atoms with van der Waals surface area (Å²) in [5, 5.41) is 11.6. The van der Waals surface area contributed by atoms with Gasteiger partial charge in [0.15, 0.2) is 0 Å². The van der Waals surface area contributed by atoms with Crippen molar-refractivity contribution in [2.45, 2.75) is 26.3 Å². The van der Waals surface area contributed by atoms with Crippen molar-refractivity contribution >= 4 is 17.5 Å². The van der Waals surface area contributed by atoms with Crippen LogP contribution in [0.3, 0.4) is 0 Å². The van der Waals surface area contributed by atoms with Crippen molar-refractivity contribution in [1.29, 1.82) is 0 Å². The maximum absolute atomic E-state index is 10.8. The number of carbonyl (C=O) groups is 1. The van der Waals surface area contributed by atoms with Gasteiger partial charge in [-0.2, -0.15) is 0 Å². The molecule has 0 spiro atoms. The Balaban J connectivity index is 3.90. The van der Waals surface area contributed by atoms with Gasteiger partial charge in [-0.15, -0.1) is 11.6 Å². The summed E-state index contributed by atoms with van der Waals surface area (Å²) in [4.78, 5) is 10.8. The molecule has 0 saturated carbocycles. The van der Waals surface area contributed by atoms with E-state index in [-0.39, 0.29) is 30.4 Å². The first-order chi connectivity index (χ1) is 5.65. The first kappa shape index (κ1) is 11.7. The van der Waals surface area contributed by atoms with Crippen LogP contribution in [0.1, 0.15) is 20.3 Å². The lowest BCUT2D eigenvalue weighted by Gasteiger charge is -2.21. The molecule has 0 aromatic heterocycles. The first-order valence-corrected chi connectivity index (χ1v) is 4.65. The summed E-state index contributed by atoms with van der Waals surface area (Å²) in [7, 11) is 0. The molecule has 12 heavy (non-hydrogen) atoms. The Hall–Kier alpha value is -0.280. The second kappa shape index (κ2) is 6.26. The summed E-state index contributed by atoms with van der Waals surface area (Å²) >= 11 is 5.31. The predicted octanol–water partition coefficient (Wildman–Crippen LogP) is 0.748. The highest BCUT2D eigenvalue weighted by Gasteiger charge is 2.16. The van der Waals surface area contributed by atoms with Gasteiger partial charge in [0.05, 0.1) is 12.6 Å². The zero-order chi connectivity index (χ0) is 9.56. The third-order valence-corrected chi connectivity index (χ3v) is 2.24. The molecule has 0 radical (unpaired) electrons. The normalized spacial score (nSPS) is 15.3. The summed E-state index contributed by atoms with van der Waals surface area (Å²) in [6.07, 6.45) is 0.924. The van der Waals surface area contributed by atoms with E-state index in [1.54, 1.807) is 0 Å². The molecule has 0 aliphatic heterocycles. The number of aliphatic hydroxyl groups is 1. The van der Waals surface area contributed by atoms with E-state index in [1.165, 1.54) is 0 Å². The van der Waals surface area contributed by atoms with Gasteiger partial charge < -0.3 is 10.4 Å². The van der Waals surface area contributed by atoms with Crippen LogP contribution in [-0.4, -0.2) is 29.5 Å². The Morgan fingerprint density at radius 1 is 1.67 bits per heavy atom. The molecule has 0 fully saturated rings. The Bertz CT molecular complexity index is 141. The lowest BCUT2D eigenvalue weighted by Crippen LogP contribution is -2.42. The summed E-state index contributed by atoms with van der Waals surface area (Å²) in [5.41, 5.74) is 0. The number of nitrogens with one attached hydrogen (secondary N) is 1. The van der Waals surface area contributed by atoms with Crippen LogP contribution in [0.2, 0.25) is 0 Å². The topological polar surface area (TPSA) is 49.3 Å². The van der Waals surface area contributed by atoms with Gasteiger partial charge in [-0.25, -0.2) is 0 Å². The molecule has 0 heterocycles. The molecule has 0 aliphatic rings. The van der Waals surface area contributed by atoms with E-state index < -0.39 is 0 Å². The summed E-state index contributed by atoms with van der Waals surface area (Å²) in [6, 6.07) is -0.166. The number of alkyl halides is 1. The highest BCUT2D eigenvalue weighted by molar-refractivity contribution is 6.27. The maximum atomic E-state index is 10.8. The molecule has 3 nitrogen and oxygen atoms in total. The molecule has 0 aliphatic carbocycles. The van der Waals surface area contributed by atoms with E-state index >= 15 is 0 Å². The second-order valence-corrected chi connectivity index (χ2v) is 3.14. The van der Waals surface area contributed by atoms with Gasteiger partial charge >= 0.3 is 0 Å². The van der Waals surface area contributed by atoms with E-state index in [4.69, 9.17) is 16.7 Å². The minimum absolute atomic E-state index is 0.0301. The Morgan fingerprint density at radius 3 is 2.58 bits per heavy atom. The first-order valence-electron chi connectivity index (χ1n) is 4.11. The largest absolute Gasteiger partial charge is 0.394 e. The predicted molar refractivity (Wildman–Crippen MR) is 49.2 cm³/mol. The molecule has 0 aromatic carbocycles. The van der Waals surface area contributed by atoms with Gasteiger partial charge in [0.25, 0.3) is 0 Å². The zero-order valence-corrected chi connectivity index (χ0v) is 8.27. The minimum Gasteiger partial charge on any atom is -0.394 e. The number of rotatable bonds is 5. The van der Waals surface area contributed by atoms with Crippen molar-refractivity contribution < 1.29 is 9.90 Å². The minimum atomic E-state index is -0.226. The van der Waals surface area contributed by atoms with Crippen LogP contribution in [0.25, 0.3) is 0 Å². The molecule has 2 N–H and O–H groups in total. The fraction of sp³-hybridized carbons (Fsp3) is 0.875. The Labute approximate surface area is 78.1 Å². The number of hydrogen-bond donors (Lipinski definition) is 2. The lowest BCUT2D eigenvalue weighted by atomic mass is 10.00. The van der Waals surface area contributed by atoms with Gasteiger partial charge in [-0.1, -0.05) is 20.3 Å². The fourth-order valence-corrected chi connectivity index (χ4v) is 0.975. The number of aliphatic hydroxyl groups excluding tert-OH is 1. The SMILES string of the molecule is CC[C@H](C)[C@@H](CO)NC(=O)CCl. The van der Waals surface area contributed by atoms with Crippen LogP contribution in [-0.2, 0) is 4.79 Å². The van der Waals surface area contributed by atoms with E-state index in [0.29, 0.717) is 0 Å². The van der Waals surface area contributed by atoms with Gasteiger partial charge in [0, 0.05) is 0 Å². The molecule has 0 saturated heterocycles. The zero-order valence-electron chi connectivity index (χ0n) is 7.51. The van der Waals surface area contributed by atoms with E-state index in [2.05, 4.69) is 5.32 Å². The summed E-state index contributed by atoms with van der Waals surface area (Å²) < 4.78 is 0. The Morgan fingerprint density at radius 2 is 2.25 bits per heavy atom. The molecule has 0 rings (SSSR count). The molecule has 72 valence electrons. The standard InChI is InChI=1S/C8H16ClNO2/c1-3-6(2)7(5-11)10-8(12)4-9/h6-7,11H,3-5H2,1-2H3,(H,10,12)/t6-,7+/m0/s1. The molecule has 0 unspecified atom stereocenters. The number of hydrogen-bond acceptors (Lipinski definition) is 2.